The summed E-state index contributed by atoms with van der Waals surface area (Å²) in [7, 11) is -1.78. The zero-order valence-corrected chi connectivity index (χ0v) is 13.2. The molecule has 21 heavy (non-hydrogen) atoms. The number of pyridine rings is 1. The molecule has 0 unspecified atom stereocenters. The van der Waals surface area contributed by atoms with Crippen LogP contribution in [-0.4, -0.2) is 20.4 Å². The first-order chi connectivity index (χ1) is 9.92. The number of anilines is 1. The van der Waals surface area contributed by atoms with Crippen LogP contribution in [0.2, 0.25) is 0 Å². The van der Waals surface area contributed by atoms with E-state index in [0.717, 1.165) is 11.3 Å². The van der Waals surface area contributed by atoms with E-state index in [1.54, 1.807) is 31.3 Å². The van der Waals surface area contributed by atoms with E-state index in [1.165, 1.54) is 0 Å². The Hall–Kier alpha value is -1.92. The van der Waals surface area contributed by atoms with Crippen LogP contribution in [0.25, 0.3) is 0 Å². The third kappa shape index (κ3) is 3.80. The zero-order valence-electron chi connectivity index (χ0n) is 12.3. The molecule has 0 radical (unpaired) electrons. The Kier molecular flexibility index (Phi) is 4.59. The first-order valence-electron chi connectivity index (χ1n) is 6.62. The molecule has 0 atom stereocenters. The van der Waals surface area contributed by atoms with Crippen LogP contribution < -0.4 is 10.0 Å². The van der Waals surface area contributed by atoms with Crippen molar-refractivity contribution < 1.29 is 8.42 Å². The topological polar surface area (TPSA) is 71.1 Å². The molecule has 1 aromatic carbocycles. The quantitative estimate of drug-likeness (QED) is 0.888. The molecule has 2 N–H and O–H groups in total. The first-order valence-corrected chi connectivity index (χ1v) is 8.10. The molecule has 1 heterocycles. The van der Waals surface area contributed by atoms with Crippen molar-refractivity contribution in [2.24, 2.45) is 0 Å². The Bertz CT molecular complexity index is 742. The summed E-state index contributed by atoms with van der Waals surface area (Å²) in [5.41, 5.74) is 2.92. The van der Waals surface area contributed by atoms with E-state index in [1.807, 2.05) is 26.1 Å². The molecule has 0 spiro atoms. The van der Waals surface area contributed by atoms with E-state index < -0.39 is 10.0 Å². The van der Waals surface area contributed by atoms with Gasteiger partial charge in [-0.1, -0.05) is 12.1 Å². The summed E-state index contributed by atoms with van der Waals surface area (Å²) in [6, 6.07) is 8.77. The van der Waals surface area contributed by atoms with Crippen molar-refractivity contribution >= 4 is 15.7 Å². The summed E-state index contributed by atoms with van der Waals surface area (Å²) in [6.07, 6.45) is 1.58. The van der Waals surface area contributed by atoms with Crippen molar-refractivity contribution in [1.29, 1.82) is 0 Å². The summed E-state index contributed by atoms with van der Waals surface area (Å²) >= 11 is 0. The summed E-state index contributed by atoms with van der Waals surface area (Å²) < 4.78 is 27.7. The van der Waals surface area contributed by atoms with Crippen LogP contribution in [0.3, 0.4) is 0 Å². The zero-order chi connectivity index (χ0) is 15.5. The van der Waals surface area contributed by atoms with Gasteiger partial charge in [-0.15, -0.1) is 0 Å². The van der Waals surface area contributed by atoms with E-state index in [2.05, 4.69) is 15.0 Å². The minimum absolute atomic E-state index is 0.296. The molecule has 2 aromatic rings. The van der Waals surface area contributed by atoms with Gasteiger partial charge in [0.25, 0.3) is 10.0 Å². The van der Waals surface area contributed by atoms with Crippen LogP contribution in [0.5, 0.6) is 0 Å². The summed E-state index contributed by atoms with van der Waals surface area (Å²) in [6.45, 7) is 4.23. The van der Waals surface area contributed by atoms with Crippen LogP contribution in [0.4, 0.5) is 5.69 Å². The number of aryl methyl sites for hydroxylation is 2. The number of aromatic nitrogens is 1. The number of hydrogen-bond donors (Lipinski definition) is 2. The van der Waals surface area contributed by atoms with Crippen molar-refractivity contribution in [3.63, 3.8) is 0 Å². The molecular weight excluding hydrogens is 286 g/mol. The molecule has 2 rings (SSSR count). The Balaban J connectivity index is 2.37. The highest BCUT2D eigenvalue weighted by atomic mass is 32.2. The lowest BCUT2D eigenvalue weighted by Crippen LogP contribution is -2.15. The lowest BCUT2D eigenvalue weighted by molar-refractivity contribution is 0.600. The normalized spacial score (nSPS) is 11.4. The number of sulfonamides is 1. The number of rotatable bonds is 5. The Morgan fingerprint density at radius 1 is 1.14 bits per heavy atom. The van der Waals surface area contributed by atoms with Gasteiger partial charge in [0.1, 0.15) is 0 Å². The fraction of sp³-hybridized carbons (Fsp3) is 0.267. The van der Waals surface area contributed by atoms with Gasteiger partial charge in [-0.3, -0.25) is 9.71 Å². The van der Waals surface area contributed by atoms with E-state index in [4.69, 9.17) is 0 Å². The van der Waals surface area contributed by atoms with Gasteiger partial charge in [-0.2, -0.15) is 0 Å². The average molecular weight is 305 g/mol. The van der Waals surface area contributed by atoms with Crippen molar-refractivity contribution in [3.8, 4) is 0 Å². The van der Waals surface area contributed by atoms with E-state index in [9.17, 15) is 8.42 Å². The summed E-state index contributed by atoms with van der Waals surface area (Å²) in [4.78, 5) is 4.35. The predicted octanol–water partition coefficient (Wildman–Crippen LogP) is 2.22. The van der Waals surface area contributed by atoms with Crippen LogP contribution in [-0.2, 0) is 16.6 Å². The third-order valence-electron chi connectivity index (χ3n) is 3.07. The Morgan fingerprint density at radius 2 is 1.90 bits per heavy atom. The minimum Gasteiger partial charge on any atom is -0.316 e. The maximum Gasteiger partial charge on any atom is 0.262 e. The van der Waals surface area contributed by atoms with Crippen LogP contribution in [0.15, 0.2) is 41.4 Å². The molecule has 6 heteroatoms. The summed E-state index contributed by atoms with van der Waals surface area (Å²) in [5, 5.41) is 3.02. The molecule has 1 aromatic heterocycles. The molecule has 0 aliphatic rings. The van der Waals surface area contributed by atoms with E-state index in [-0.39, 0.29) is 0 Å². The maximum atomic E-state index is 12.5. The Morgan fingerprint density at radius 3 is 2.57 bits per heavy atom. The fourth-order valence-corrected chi connectivity index (χ4v) is 3.41. The largest absolute Gasteiger partial charge is 0.316 e. The summed E-state index contributed by atoms with van der Waals surface area (Å²) in [5.74, 6) is 0. The van der Waals surface area contributed by atoms with Crippen LogP contribution in [0.1, 0.15) is 16.8 Å². The molecule has 0 amide bonds. The molecule has 0 aliphatic heterocycles. The van der Waals surface area contributed by atoms with Crippen LogP contribution in [0, 0.1) is 13.8 Å². The SMILES string of the molecule is CNCc1ccc(C)c(S(=O)(=O)Nc2ccnc(C)c2)c1. The van der Waals surface area contributed by atoms with Crippen molar-refractivity contribution in [1.82, 2.24) is 10.3 Å². The smallest absolute Gasteiger partial charge is 0.262 e. The van der Waals surface area contributed by atoms with Gasteiger partial charge in [0.2, 0.25) is 0 Å². The maximum absolute atomic E-state index is 12.5. The third-order valence-corrected chi connectivity index (χ3v) is 4.60. The second kappa shape index (κ2) is 6.24. The number of nitrogens with one attached hydrogen (secondary N) is 2. The Labute approximate surface area is 125 Å². The second-order valence-corrected chi connectivity index (χ2v) is 6.57. The van der Waals surface area contributed by atoms with Crippen LogP contribution >= 0.6 is 0 Å². The molecule has 0 saturated carbocycles. The van der Waals surface area contributed by atoms with Gasteiger partial charge in [0, 0.05) is 18.4 Å². The highest BCUT2D eigenvalue weighted by molar-refractivity contribution is 7.92. The van der Waals surface area contributed by atoms with Crippen molar-refractivity contribution in [2.45, 2.75) is 25.3 Å². The van der Waals surface area contributed by atoms with Gasteiger partial charge in [0.05, 0.1) is 10.6 Å². The predicted molar refractivity (Wildman–Crippen MR) is 83.7 cm³/mol. The highest BCUT2D eigenvalue weighted by Gasteiger charge is 2.17. The molecular formula is C15H19N3O2S. The van der Waals surface area contributed by atoms with Gasteiger partial charge in [-0.25, -0.2) is 8.42 Å². The molecule has 5 nitrogen and oxygen atoms in total. The molecule has 0 saturated heterocycles. The average Bonchev–Trinajstić information content (AvgIpc) is 2.40. The number of benzene rings is 1. The monoisotopic (exact) mass is 305 g/mol. The standard InChI is InChI=1S/C15H19N3O2S/c1-11-4-5-13(10-16-3)9-15(11)21(19,20)18-14-6-7-17-12(2)8-14/h4-9,16H,10H2,1-3H3,(H,17,18). The first kappa shape index (κ1) is 15.5. The van der Waals surface area contributed by atoms with Crippen molar-refractivity contribution in [2.75, 3.05) is 11.8 Å². The highest BCUT2D eigenvalue weighted by Crippen LogP contribution is 2.21. The molecule has 0 bridgehead atoms. The minimum atomic E-state index is -3.61. The van der Waals surface area contributed by atoms with E-state index >= 15 is 0 Å². The van der Waals surface area contributed by atoms with Gasteiger partial charge in [0.15, 0.2) is 0 Å². The molecule has 112 valence electrons. The van der Waals surface area contributed by atoms with Gasteiger partial charge < -0.3 is 5.32 Å². The lowest BCUT2D eigenvalue weighted by atomic mass is 10.1. The number of hydrogen-bond acceptors (Lipinski definition) is 4. The fourth-order valence-electron chi connectivity index (χ4n) is 2.07. The molecule has 0 fully saturated rings. The van der Waals surface area contributed by atoms with Gasteiger partial charge >= 0.3 is 0 Å². The van der Waals surface area contributed by atoms with Crippen molar-refractivity contribution in [3.05, 3.63) is 53.3 Å². The van der Waals surface area contributed by atoms with E-state index in [0.29, 0.717) is 22.7 Å². The van der Waals surface area contributed by atoms with Gasteiger partial charge in [-0.05, 0) is 50.2 Å². The second-order valence-electron chi connectivity index (χ2n) is 4.92. The molecule has 0 aliphatic carbocycles. The lowest BCUT2D eigenvalue weighted by Gasteiger charge is -2.12. The number of nitrogens with zero attached hydrogens (tertiary/aromatic N) is 1.